The van der Waals surface area contributed by atoms with E-state index in [0.717, 1.165) is 34.1 Å². The van der Waals surface area contributed by atoms with Gasteiger partial charge in [0.15, 0.2) is 0 Å². The molecule has 3 rings (SSSR count). The first-order valence-corrected chi connectivity index (χ1v) is 7.71. The molecule has 1 aromatic heterocycles. The van der Waals surface area contributed by atoms with Crippen LogP contribution in [0, 0.1) is 0 Å². The van der Waals surface area contributed by atoms with E-state index in [9.17, 15) is 4.79 Å². The number of aromatic nitrogens is 2. The Morgan fingerprint density at radius 2 is 2.29 bits per heavy atom. The van der Waals surface area contributed by atoms with E-state index in [4.69, 9.17) is 0 Å². The zero-order chi connectivity index (χ0) is 14.7. The number of carbonyl (C=O) groups excluding carboxylic acids is 1. The Balaban J connectivity index is 1.80. The number of fused-ring (bicyclic) bond motifs is 1. The molecular weight excluding hydrogens is 284 g/mol. The first-order valence-electron chi connectivity index (χ1n) is 6.90. The molecule has 1 unspecified atom stereocenters. The number of nitrogens with zero attached hydrogens (tertiary/aromatic N) is 2. The third-order valence-corrected chi connectivity index (χ3v) is 4.13. The average molecular weight is 300 g/mol. The van der Waals surface area contributed by atoms with Crippen LogP contribution in [0.5, 0.6) is 0 Å². The number of carbonyl (C=O) groups is 1. The highest BCUT2D eigenvalue weighted by molar-refractivity contribution is 7.99. The summed E-state index contributed by atoms with van der Waals surface area (Å²) in [5.74, 6) is 0.0140. The lowest BCUT2D eigenvalue weighted by Crippen LogP contribution is -2.27. The van der Waals surface area contributed by atoms with Gasteiger partial charge in [0.1, 0.15) is 11.1 Å². The van der Waals surface area contributed by atoms with Crippen molar-refractivity contribution >= 4 is 23.4 Å². The normalized spacial score (nSPS) is 16.6. The van der Waals surface area contributed by atoms with E-state index in [0.29, 0.717) is 0 Å². The van der Waals surface area contributed by atoms with Crippen LogP contribution in [0.4, 0.5) is 5.69 Å². The summed E-state index contributed by atoms with van der Waals surface area (Å²) in [6, 6.07) is 5.76. The Kier molecular flexibility index (Phi) is 4.17. The first-order chi connectivity index (χ1) is 10.3. The van der Waals surface area contributed by atoms with E-state index in [1.807, 2.05) is 18.2 Å². The fraction of sp³-hybridized carbons (Fsp3) is 0.267. The van der Waals surface area contributed by atoms with Gasteiger partial charge >= 0.3 is 0 Å². The summed E-state index contributed by atoms with van der Waals surface area (Å²) < 4.78 is 0. The summed E-state index contributed by atoms with van der Waals surface area (Å²) in [6.45, 7) is 2.91. The van der Waals surface area contributed by atoms with Crippen LogP contribution >= 0.6 is 11.8 Å². The molecule has 0 saturated carbocycles. The predicted octanol–water partition coefficient (Wildman–Crippen LogP) is 2.62. The summed E-state index contributed by atoms with van der Waals surface area (Å²) in [5, 5.41) is 7.03. The summed E-state index contributed by atoms with van der Waals surface area (Å²) in [6.07, 6.45) is 6.04. The summed E-state index contributed by atoms with van der Waals surface area (Å²) in [5.41, 5.74) is 1.89. The maximum Gasteiger partial charge on any atom is 0.246 e. The molecular formula is C15H16N4OS. The second kappa shape index (κ2) is 6.24. The molecule has 1 atom stereocenters. The van der Waals surface area contributed by atoms with Crippen LogP contribution in [0.3, 0.4) is 0 Å². The molecule has 2 aromatic rings. The van der Waals surface area contributed by atoms with Crippen LogP contribution < -0.4 is 10.6 Å². The predicted molar refractivity (Wildman–Crippen MR) is 82.3 cm³/mol. The van der Waals surface area contributed by atoms with Gasteiger partial charge in [-0.15, -0.1) is 0 Å². The van der Waals surface area contributed by atoms with Crippen LogP contribution in [-0.4, -0.2) is 22.4 Å². The minimum atomic E-state index is -0.240. The highest BCUT2D eigenvalue weighted by Gasteiger charge is 2.29. The number of rotatable bonds is 5. The molecule has 1 aromatic carbocycles. The van der Waals surface area contributed by atoms with Gasteiger partial charge in [-0.1, -0.05) is 24.8 Å². The Morgan fingerprint density at radius 1 is 1.38 bits per heavy atom. The lowest BCUT2D eigenvalue weighted by molar-refractivity contribution is -0.117. The minimum absolute atomic E-state index is 0.0140. The Hall–Kier alpha value is -1.92. The fourth-order valence-corrected chi connectivity index (χ4v) is 3.04. The first kappa shape index (κ1) is 14.0. The quantitative estimate of drug-likeness (QED) is 0.888. The molecule has 0 saturated heterocycles. The number of benzene rings is 1. The SMILES string of the molecule is CCCNC1C(=O)Nc2cc(Sc3cnccn3)ccc21. The van der Waals surface area contributed by atoms with Crippen LogP contribution in [0.15, 0.2) is 46.7 Å². The summed E-state index contributed by atoms with van der Waals surface area (Å²) in [7, 11) is 0. The van der Waals surface area contributed by atoms with E-state index in [1.165, 1.54) is 11.8 Å². The topological polar surface area (TPSA) is 66.9 Å². The van der Waals surface area contributed by atoms with Gasteiger partial charge in [-0.25, -0.2) is 4.98 Å². The van der Waals surface area contributed by atoms with E-state index < -0.39 is 0 Å². The third kappa shape index (κ3) is 3.06. The van der Waals surface area contributed by atoms with Gasteiger partial charge < -0.3 is 10.6 Å². The molecule has 6 heteroatoms. The van der Waals surface area contributed by atoms with Crippen LogP contribution in [0.25, 0.3) is 0 Å². The van der Waals surface area contributed by atoms with Crippen molar-refractivity contribution in [3.8, 4) is 0 Å². The van der Waals surface area contributed by atoms with Gasteiger partial charge in [-0.2, -0.15) is 0 Å². The van der Waals surface area contributed by atoms with Crippen molar-refractivity contribution in [2.24, 2.45) is 0 Å². The highest BCUT2D eigenvalue weighted by atomic mass is 32.2. The molecule has 1 amide bonds. The average Bonchev–Trinajstić information content (AvgIpc) is 2.81. The zero-order valence-corrected chi connectivity index (χ0v) is 12.5. The van der Waals surface area contributed by atoms with Gasteiger partial charge in [0, 0.05) is 28.5 Å². The summed E-state index contributed by atoms with van der Waals surface area (Å²) in [4.78, 5) is 21.3. The monoisotopic (exact) mass is 300 g/mol. The van der Waals surface area contributed by atoms with Crippen molar-refractivity contribution in [1.29, 1.82) is 0 Å². The molecule has 21 heavy (non-hydrogen) atoms. The van der Waals surface area contributed by atoms with E-state index >= 15 is 0 Å². The number of amides is 1. The van der Waals surface area contributed by atoms with Gasteiger partial charge in [0.2, 0.25) is 5.91 Å². The molecule has 2 heterocycles. The van der Waals surface area contributed by atoms with Crippen LogP contribution in [-0.2, 0) is 4.79 Å². The largest absolute Gasteiger partial charge is 0.324 e. The standard InChI is InChI=1S/C15H16N4OS/c1-2-5-18-14-11-4-3-10(8-12(11)19-15(14)20)21-13-9-16-6-7-17-13/h3-4,6-9,14,18H,2,5H2,1H3,(H,19,20). The molecule has 1 aliphatic rings. The van der Waals surface area contributed by atoms with Crippen molar-refractivity contribution in [2.45, 2.75) is 29.3 Å². The van der Waals surface area contributed by atoms with Crippen molar-refractivity contribution < 1.29 is 4.79 Å². The summed E-state index contributed by atoms with van der Waals surface area (Å²) >= 11 is 1.53. The molecule has 0 spiro atoms. The lowest BCUT2D eigenvalue weighted by atomic mass is 10.1. The second-order valence-corrected chi connectivity index (χ2v) is 5.86. The molecule has 0 bridgehead atoms. The second-order valence-electron chi connectivity index (χ2n) is 4.77. The zero-order valence-electron chi connectivity index (χ0n) is 11.7. The van der Waals surface area contributed by atoms with Crippen LogP contribution in [0.1, 0.15) is 24.9 Å². The smallest absolute Gasteiger partial charge is 0.246 e. The van der Waals surface area contributed by atoms with E-state index in [1.54, 1.807) is 18.6 Å². The lowest BCUT2D eigenvalue weighted by Gasteiger charge is -2.10. The van der Waals surface area contributed by atoms with Gasteiger partial charge in [0.05, 0.1) is 6.20 Å². The third-order valence-electron chi connectivity index (χ3n) is 3.22. The maximum absolute atomic E-state index is 12.0. The number of hydrogen-bond acceptors (Lipinski definition) is 5. The molecule has 0 aliphatic carbocycles. The minimum Gasteiger partial charge on any atom is -0.324 e. The molecule has 5 nitrogen and oxygen atoms in total. The van der Waals surface area contributed by atoms with E-state index in [2.05, 4.69) is 27.5 Å². The van der Waals surface area contributed by atoms with Gasteiger partial charge in [0.25, 0.3) is 0 Å². The van der Waals surface area contributed by atoms with E-state index in [-0.39, 0.29) is 11.9 Å². The Bertz CT molecular complexity index is 647. The molecule has 1 aliphatic heterocycles. The fourth-order valence-electron chi connectivity index (χ4n) is 2.26. The number of anilines is 1. The Morgan fingerprint density at radius 3 is 3.05 bits per heavy atom. The molecule has 0 radical (unpaired) electrons. The van der Waals surface area contributed by atoms with Crippen LogP contribution in [0.2, 0.25) is 0 Å². The number of nitrogens with one attached hydrogen (secondary N) is 2. The highest BCUT2D eigenvalue weighted by Crippen LogP contribution is 2.35. The van der Waals surface area contributed by atoms with Crippen molar-refractivity contribution in [3.05, 3.63) is 42.4 Å². The molecule has 108 valence electrons. The maximum atomic E-state index is 12.0. The molecule has 2 N–H and O–H groups in total. The van der Waals surface area contributed by atoms with Gasteiger partial charge in [-0.3, -0.25) is 9.78 Å². The van der Waals surface area contributed by atoms with Crippen molar-refractivity contribution in [3.63, 3.8) is 0 Å². The van der Waals surface area contributed by atoms with Crippen molar-refractivity contribution in [1.82, 2.24) is 15.3 Å². The Labute approximate surface area is 127 Å². The van der Waals surface area contributed by atoms with Crippen molar-refractivity contribution in [2.75, 3.05) is 11.9 Å². The number of hydrogen-bond donors (Lipinski definition) is 2. The van der Waals surface area contributed by atoms with Gasteiger partial charge in [-0.05, 0) is 25.1 Å². The molecule has 0 fully saturated rings.